The van der Waals surface area contributed by atoms with Crippen LogP contribution in [0.25, 0.3) is 0 Å². The summed E-state index contributed by atoms with van der Waals surface area (Å²) in [6.07, 6.45) is 7.37. The topological polar surface area (TPSA) is 16.1 Å². The van der Waals surface area contributed by atoms with E-state index in [0.29, 0.717) is 0 Å². The van der Waals surface area contributed by atoms with E-state index in [9.17, 15) is 0 Å². The van der Waals surface area contributed by atoms with Gasteiger partial charge in [0.1, 0.15) is 5.82 Å². The third-order valence-electron chi connectivity index (χ3n) is 3.87. The lowest BCUT2D eigenvalue weighted by Crippen LogP contribution is -2.34. The van der Waals surface area contributed by atoms with Crippen molar-refractivity contribution in [3.63, 3.8) is 0 Å². The van der Waals surface area contributed by atoms with Crippen molar-refractivity contribution >= 4 is 21.7 Å². The molecule has 0 aliphatic carbocycles. The van der Waals surface area contributed by atoms with E-state index in [1.807, 2.05) is 6.20 Å². The Bertz CT molecular complexity index is 384. The summed E-state index contributed by atoms with van der Waals surface area (Å²) in [5.41, 5.74) is 2.57. The smallest absolute Gasteiger partial charge is 0.131 e. The molecule has 0 atom stereocenters. The number of hydrogen-bond donors (Lipinski definition) is 0. The maximum Gasteiger partial charge on any atom is 0.131 e. The average Bonchev–Trinajstić information content (AvgIpc) is 2.40. The summed E-state index contributed by atoms with van der Waals surface area (Å²) in [5.74, 6) is 2.13. The van der Waals surface area contributed by atoms with Crippen LogP contribution in [0.3, 0.4) is 0 Å². The number of anilines is 1. The third kappa shape index (κ3) is 3.25. The minimum absolute atomic E-state index is 0.889. The summed E-state index contributed by atoms with van der Waals surface area (Å²) in [5, 5.41) is 0.889. The zero-order valence-corrected chi connectivity index (χ0v) is 13.0. The molecule has 2 rings (SSSR count). The minimum Gasteiger partial charge on any atom is -0.356 e. The summed E-state index contributed by atoms with van der Waals surface area (Å²) in [4.78, 5) is 7.10. The second-order valence-electron chi connectivity index (χ2n) is 5.34. The molecule has 0 radical (unpaired) electrons. The van der Waals surface area contributed by atoms with E-state index in [0.717, 1.165) is 11.2 Å². The summed E-state index contributed by atoms with van der Waals surface area (Å²) in [7, 11) is 0. The number of aryl methyl sites for hydroxylation is 1. The number of alkyl halides is 1. The molecule has 1 fully saturated rings. The molecular weight excluding hydrogens is 288 g/mol. The van der Waals surface area contributed by atoms with Crippen LogP contribution in [0.4, 0.5) is 5.82 Å². The van der Waals surface area contributed by atoms with Crippen molar-refractivity contribution in [2.45, 2.75) is 44.9 Å². The highest BCUT2D eigenvalue weighted by Crippen LogP contribution is 2.27. The number of halogens is 1. The summed E-state index contributed by atoms with van der Waals surface area (Å²) in [6, 6.07) is 2.25. The van der Waals surface area contributed by atoms with Crippen molar-refractivity contribution in [3.05, 3.63) is 23.4 Å². The molecule has 3 heteroatoms. The van der Waals surface area contributed by atoms with Crippen LogP contribution in [0.2, 0.25) is 0 Å². The summed E-state index contributed by atoms with van der Waals surface area (Å²) < 4.78 is 0. The first-order valence-electron chi connectivity index (χ1n) is 7.01. The van der Waals surface area contributed by atoms with Gasteiger partial charge in [-0.25, -0.2) is 4.98 Å². The van der Waals surface area contributed by atoms with E-state index in [-0.39, 0.29) is 0 Å². The van der Waals surface area contributed by atoms with Gasteiger partial charge in [-0.3, -0.25) is 0 Å². The van der Waals surface area contributed by atoms with Gasteiger partial charge in [-0.2, -0.15) is 0 Å². The monoisotopic (exact) mass is 310 g/mol. The highest BCUT2D eigenvalue weighted by Gasteiger charge is 2.20. The number of rotatable bonds is 4. The van der Waals surface area contributed by atoms with E-state index in [4.69, 9.17) is 0 Å². The second-order valence-corrected chi connectivity index (χ2v) is 5.90. The minimum atomic E-state index is 0.889. The van der Waals surface area contributed by atoms with E-state index >= 15 is 0 Å². The molecule has 0 amide bonds. The van der Waals surface area contributed by atoms with Gasteiger partial charge in [0.05, 0.1) is 0 Å². The molecule has 1 aromatic heterocycles. The highest BCUT2D eigenvalue weighted by atomic mass is 79.9. The van der Waals surface area contributed by atoms with Gasteiger partial charge in [-0.15, -0.1) is 0 Å². The number of piperidine rings is 1. The molecule has 0 spiro atoms. The summed E-state index contributed by atoms with van der Waals surface area (Å²) >= 11 is 3.48. The van der Waals surface area contributed by atoms with Crippen LogP contribution in [0.5, 0.6) is 0 Å². The van der Waals surface area contributed by atoms with Crippen LogP contribution in [0, 0.1) is 12.8 Å². The molecule has 100 valence electrons. The average molecular weight is 311 g/mol. The Kier molecular flexibility index (Phi) is 5.04. The zero-order chi connectivity index (χ0) is 13.0. The lowest BCUT2D eigenvalue weighted by Gasteiger charge is -2.33. The number of pyridine rings is 1. The van der Waals surface area contributed by atoms with E-state index in [1.165, 1.54) is 55.7 Å². The van der Waals surface area contributed by atoms with Crippen molar-refractivity contribution < 1.29 is 0 Å². The maximum atomic E-state index is 4.64. The normalized spacial score (nSPS) is 17.2. The Morgan fingerprint density at radius 3 is 2.67 bits per heavy atom. The number of nitrogens with zero attached hydrogens (tertiary/aromatic N) is 2. The Morgan fingerprint density at radius 1 is 1.39 bits per heavy atom. The van der Waals surface area contributed by atoms with Gasteiger partial charge in [-0.05, 0) is 36.8 Å². The predicted molar refractivity (Wildman–Crippen MR) is 81.5 cm³/mol. The quantitative estimate of drug-likeness (QED) is 0.771. The van der Waals surface area contributed by atoms with Crippen molar-refractivity contribution in [3.8, 4) is 0 Å². The molecule has 0 aromatic carbocycles. The van der Waals surface area contributed by atoms with Crippen LogP contribution in [0.1, 0.15) is 43.7 Å². The fourth-order valence-electron chi connectivity index (χ4n) is 2.87. The fourth-order valence-corrected chi connectivity index (χ4v) is 3.18. The molecule has 1 aromatic rings. The van der Waals surface area contributed by atoms with Crippen LogP contribution < -0.4 is 4.90 Å². The maximum absolute atomic E-state index is 4.64. The lowest BCUT2D eigenvalue weighted by molar-refractivity contribution is 0.377. The van der Waals surface area contributed by atoms with Gasteiger partial charge in [0.15, 0.2) is 0 Å². The first kappa shape index (κ1) is 13.9. The van der Waals surface area contributed by atoms with Gasteiger partial charge < -0.3 is 4.90 Å². The van der Waals surface area contributed by atoms with Gasteiger partial charge in [0.25, 0.3) is 0 Å². The Balaban J connectivity index is 2.01. The van der Waals surface area contributed by atoms with E-state index in [1.54, 1.807) is 0 Å². The van der Waals surface area contributed by atoms with Crippen LogP contribution in [-0.2, 0) is 5.33 Å². The van der Waals surface area contributed by atoms with Gasteiger partial charge >= 0.3 is 0 Å². The first-order chi connectivity index (χ1) is 8.74. The van der Waals surface area contributed by atoms with E-state index < -0.39 is 0 Å². The van der Waals surface area contributed by atoms with Crippen molar-refractivity contribution in [1.29, 1.82) is 0 Å². The van der Waals surface area contributed by atoms with Crippen LogP contribution in [-0.4, -0.2) is 18.1 Å². The molecule has 0 N–H and O–H groups in total. The fraction of sp³-hybridized carbons (Fsp3) is 0.667. The Morgan fingerprint density at radius 2 is 2.11 bits per heavy atom. The molecule has 0 bridgehead atoms. The Labute approximate surface area is 119 Å². The molecule has 18 heavy (non-hydrogen) atoms. The molecule has 1 aliphatic rings. The van der Waals surface area contributed by atoms with Crippen LogP contribution >= 0.6 is 15.9 Å². The van der Waals surface area contributed by atoms with Gasteiger partial charge in [0, 0.05) is 24.6 Å². The van der Waals surface area contributed by atoms with E-state index in [2.05, 4.69) is 45.7 Å². The molecule has 0 saturated carbocycles. The van der Waals surface area contributed by atoms with Crippen molar-refractivity contribution in [2.75, 3.05) is 18.0 Å². The predicted octanol–water partition coefficient (Wildman–Crippen LogP) is 4.30. The molecule has 1 saturated heterocycles. The second kappa shape index (κ2) is 6.55. The molecular formula is C15H23BrN2. The third-order valence-corrected chi connectivity index (χ3v) is 4.52. The highest BCUT2D eigenvalue weighted by molar-refractivity contribution is 9.08. The Hall–Kier alpha value is -0.570. The number of hydrogen-bond acceptors (Lipinski definition) is 2. The first-order valence-corrected chi connectivity index (χ1v) is 8.13. The zero-order valence-electron chi connectivity index (χ0n) is 11.5. The van der Waals surface area contributed by atoms with Crippen molar-refractivity contribution in [1.82, 2.24) is 4.98 Å². The SMILES string of the molecule is CCCC1CCN(c2ncc(CBr)cc2C)CC1. The lowest BCUT2D eigenvalue weighted by atomic mass is 9.92. The van der Waals surface area contributed by atoms with Gasteiger partial charge in [-0.1, -0.05) is 41.8 Å². The van der Waals surface area contributed by atoms with Gasteiger partial charge in [0.2, 0.25) is 0 Å². The standard InChI is InChI=1S/C15H23BrN2/c1-3-4-13-5-7-18(8-6-13)15-12(2)9-14(10-16)11-17-15/h9,11,13H,3-8,10H2,1-2H3. The largest absolute Gasteiger partial charge is 0.356 e. The van der Waals surface area contributed by atoms with Crippen molar-refractivity contribution in [2.24, 2.45) is 5.92 Å². The van der Waals surface area contributed by atoms with Crippen LogP contribution in [0.15, 0.2) is 12.3 Å². The molecule has 2 nitrogen and oxygen atoms in total. The summed E-state index contributed by atoms with van der Waals surface area (Å²) in [6.45, 7) is 6.81. The number of aromatic nitrogens is 1. The molecule has 0 unspecified atom stereocenters. The molecule has 1 aliphatic heterocycles. The molecule has 2 heterocycles.